The molecule has 0 amide bonds. The van der Waals surface area contributed by atoms with Gasteiger partial charge in [0.05, 0.1) is 0 Å². The van der Waals surface area contributed by atoms with Gasteiger partial charge in [0.25, 0.3) is 0 Å². The van der Waals surface area contributed by atoms with Crippen LogP contribution in [0, 0.1) is 0 Å². The van der Waals surface area contributed by atoms with E-state index in [-0.39, 0.29) is 6.04 Å². The maximum atomic E-state index is 5.93. The number of aryl methyl sites for hydroxylation is 1. The van der Waals surface area contributed by atoms with Crippen LogP contribution < -0.4 is 5.73 Å². The van der Waals surface area contributed by atoms with Gasteiger partial charge in [0.1, 0.15) is 0 Å². The quantitative estimate of drug-likeness (QED) is 0.703. The van der Waals surface area contributed by atoms with Crippen molar-refractivity contribution in [3.8, 4) is 0 Å². The Morgan fingerprint density at radius 2 is 2.36 bits per heavy atom. The van der Waals surface area contributed by atoms with E-state index in [9.17, 15) is 0 Å². The Morgan fingerprint density at radius 1 is 1.64 bits per heavy atom. The predicted molar refractivity (Wildman–Crippen MR) is 47.2 cm³/mol. The first-order valence-electron chi connectivity index (χ1n) is 4.12. The Labute approximate surface area is 68.0 Å². The van der Waals surface area contributed by atoms with E-state index in [1.54, 1.807) is 0 Å². The average molecular weight is 152 g/mol. The molecule has 62 valence electrons. The summed E-state index contributed by atoms with van der Waals surface area (Å²) in [6, 6.07) is 4.32. The lowest BCUT2D eigenvalue weighted by atomic mass is 10.1. The molecule has 2 nitrogen and oxygen atoms in total. The van der Waals surface area contributed by atoms with Crippen LogP contribution in [0.15, 0.2) is 18.3 Å². The molecule has 2 N–H and O–H groups in total. The monoisotopic (exact) mass is 152 g/mol. The van der Waals surface area contributed by atoms with Crippen molar-refractivity contribution >= 4 is 0 Å². The van der Waals surface area contributed by atoms with E-state index in [2.05, 4.69) is 17.6 Å². The van der Waals surface area contributed by atoms with Crippen LogP contribution in [-0.4, -0.2) is 4.57 Å². The van der Waals surface area contributed by atoms with Crippen LogP contribution in [-0.2, 0) is 7.05 Å². The van der Waals surface area contributed by atoms with E-state index in [4.69, 9.17) is 5.73 Å². The highest BCUT2D eigenvalue weighted by Crippen LogP contribution is 2.14. The second-order valence-electron chi connectivity index (χ2n) is 2.94. The third kappa shape index (κ3) is 1.84. The highest BCUT2D eigenvalue weighted by molar-refractivity contribution is 5.10. The van der Waals surface area contributed by atoms with Gasteiger partial charge >= 0.3 is 0 Å². The van der Waals surface area contributed by atoms with E-state index in [0.29, 0.717) is 0 Å². The number of nitrogens with two attached hydrogens (primary N) is 1. The maximum Gasteiger partial charge on any atom is 0.0449 e. The minimum absolute atomic E-state index is 0.208. The SMILES string of the molecule is CCCC(N)c1cccn1C. The molecule has 1 rings (SSSR count). The summed E-state index contributed by atoms with van der Waals surface area (Å²) in [5.74, 6) is 0. The van der Waals surface area contributed by atoms with Crippen molar-refractivity contribution in [3.05, 3.63) is 24.0 Å². The molecule has 11 heavy (non-hydrogen) atoms. The third-order valence-electron chi connectivity index (χ3n) is 1.96. The molecule has 1 aromatic heterocycles. The van der Waals surface area contributed by atoms with Gasteiger partial charge in [0.15, 0.2) is 0 Å². The van der Waals surface area contributed by atoms with Gasteiger partial charge in [0.2, 0.25) is 0 Å². The average Bonchev–Trinajstić information content (AvgIpc) is 2.36. The first-order chi connectivity index (χ1) is 5.25. The molecular weight excluding hydrogens is 136 g/mol. The lowest BCUT2D eigenvalue weighted by molar-refractivity contribution is 0.597. The number of rotatable bonds is 3. The summed E-state index contributed by atoms with van der Waals surface area (Å²) in [4.78, 5) is 0. The number of aromatic nitrogens is 1. The van der Waals surface area contributed by atoms with Crippen LogP contribution in [0.5, 0.6) is 0 Å². The Bertz CT molecular complexity index is 215. The zero-order valence-corrected chi connectivity index (χ0v) is 7.25. The van der Waals surface area contributed by atoms with Crippen LogP contribution in [0.2, 0.25) is 0 Å². The van der Waals surface area contributed by atoms with Crippen molar-refractivity contribution in [1.82, 2.24) is 4.57 Å². The van der Waals surface area contributed by atoms with Gasteiger partial charge in [-0.2, -0.15) is 0 Å². The van der Waals surface area contributed by atoms with Crippen molar-refractivity contribution in [1.29, 1.82) is 0 Å². The van der Waals surface area contributed by atoms with Crippen LogP contribution in [0.1, 0.15) is 31.5 Å². The second kappa shape index (κ2) is 3.58. The fourth-order valence-corrected chi connectivity index (χ4v) is 1.32. The smallest absolute Gasteiger partial charge is 0.0449 e. The molecule has 0 aliphatic carbocycles. The van der Waals surface area contributed by atoms with Crippen molar-refractivity contribution in [2.24, 2.45) is 12.8 Å². The lowest BCUT2D eigenvalue weighted by Crippen LogP contribution is -2.13. The Morgan fingerprint density at radius 3 is 2.82 bits per heavy atom. The van der Waals surface area contributed by atoms with Crippen LogP contribution in [0.25, 0.3) is 0 Å². The fourth-order valence-electron chi connectivity index (χ4n) is 1.32. The van der Waals surface area contributed by atoms with Gasteiger partial charge in [-0.15, -0.1) is 0 Å². The summed E-state index contributed by atoms with van der Waals surface area (Å²) in [5, 5.41) is 0. The van der Waals surface area contributed by atoms with Crippen LogP contribution >= 0.6 is 0 Å². The van der Waals surface area contributed by atoms with E-state index < -0.39 is 0 Å². The standard InChI is InChI=1S/C9H16N2/c1-3-5-8(10)9-6-4-7-11(9)2/h4,6-8H,3,5,10H2,1-2H3. The molecule has 1 aromatic rings. The molecule has 0 fully saturated rings. The van der Waals surface area contributed by atoms with E-state index in [1.165, 1.54) is 5.69 Å². The summed E-state index contributed by atoms with van der Waals surface area (Å²) in [6.07, 6.45) is 4.25. The number of hydrogen-bond donors (Lipinski definition) is 1. The first kappa shape index (κ1) is 8.34. The zero-order chi connectivity index (χ0) is 8.27. The van der Waals surface area contributed by atoms with Crippen molar-refractivity contribution in [2.45, 2.75) is 25.8 Å². The van der Waals surface area contributed by atoms with Gasteiger partial charge in [-0.1, -0.05) is 13.3 Å². The fraction of sp³-hybridized carbons (Fsp3) is 0.556. The number of hydrogen-bond acceptors (Lipinski definition) is 1. The minimum Gasteiger partial charge on any atom is -0.353 e. The molecule has 0 aliphatic heterocycles. The Balaban J connectivity index is 2.67. The van der Waals surface area contributed by atoms with E-state index in [1.807, 2.05) is 19.3 Å². The molecule has 1 unspecified atom stereocenters. The summed E-state index contributed by atoms with van der Waals surface area (Å²) in [7, 11) is 2.03. The second-order valence-corrected chi connectivity index (χ2v) is 2.94. The van der Waals surface area contributed by atoms with Gasteiger partial charge < -0.3 is 10.3 Å². The molecule has 0 radical (unpaired) electrons. The van der Waals surface area contributed by atoms with Crippen molar-refractivity contribution in [2.75, 3.05) is 0 Å². The molecule has 2 heteroatoms. The molecule has 0 aliphatic rings. The van der Waals surface area contributed by atoms with Gasteiger partial charge in [-0.05, 0) is 18.6 Å². The maximum absolute atomic E-state index is 5.93. The summed E-state index contributed by atoms with van der Waals surface area (Å²) in [6.45, 7) is 2.16. The van der Waals surface area contributed by atoms with Crippen LogP contribution in [0.4, 0.5) is 0 Å². The predicted octanol–water partition coefficient (Wildman–Crippen LogP) is 1.82. The Hall–Kier alpha value is -0.760. The zero-order valence-electron chi connectivity index (χ0n) is 7.25. The molecular formula is C9H16N2. The first-order valence-corrected chi connectivity index (χ1v) is 4.12. The molecule has 1 atom stereocenters. The summed E-state index contributed by atoms with van der Waals surface area (Å²) >= 11 is 0. The molecule has 0 bridgehead atoms. The Kier molecular flexibility index (Phi) is 2.71. The largest absolute Gasteiger partial charge is 0.353 e. The normalized spacial score (nSPS) is 13.4. The van der Waals surface area contributed by atoms with E-state index >= 15 is 0 Å². The number of nitrogens with zero attached hydrogens (tertiary/aromatic N) is 1. The molecule has 0 aromatic carbocycles. The van der Waals surface area contributed by atoms with E-state index in [0.717, 1.165) is 12.8 Å². The lowest BCUT2D eigenvalue weighted by Gasteiger charge is -2.10. The molecule has 1 heterocycles. The summed E-state index contributed by atoms with van der Waals surface area (Å²) in [5.41, 5.74) is 7.16. The van der Waals surface area contributed by atoms with Gasteiger partial charge in [-0.25, -0.2) is 0 Å². The molecule has 0 spiro atoms. The van der Waals surface area contributed by atoms with Gasteiger partial charge in [-0.3, -0.25) is 0 Å². The van der Waals surface area contributed by atoms with Gasteiger partial charge in [0, 0.05) is 25.0 Å². The molecule has 0 saturated heterocycles. The minimum atomic E-state index is 0.208. The van der Waals surface area contributed by atoms with Crippen molar-refractivity contribution < 1.29 is 0 Å². The molecule has 0 saturated carbocycles. The highest BCUT2D eigenvalue weighted by atomic mass is 14.9. The third-order valence-corrected chi connectivity index (χ3v) is 1.96. The topological polar surface area (TPSA) is 30.9 Å². The summed E-state index contributed by atoms with van der Waals surface area (Å²) < 4.78 is 2.08. The highest BCUT2D eigenvalue weighted by Gasteiger charge is 2.06. The van der Waals surface area contributed by atoms with Crippen molar-refractivity contribution in [3.63, 3.8) is 0 Å². The van der Waals surface area contributed by atoms with Crippen LogP contribution in [0.3, 0.4) is 0 Å².